The zero-order valence-corrected chi connectivity index (χ0v) is 9.88. The SMILES string of the molecule is c1ccc(Cc2cc(-c3ccncc3)n[nH]2)cc1. The minimum Gasteiger partial charge on any atom is -0.282 e. The molecule has 0 amide bonds. The highest BCUT2D eigenvalue weighted by Gasteiger charge is 2.04. The van der Waals surface area contributed by atoms with Crippen molar-refractivity contribution in [3.8, 4) is 11.3 Å². The predicted molar refractivity (Wildman–Crippen MR) is 71.1 cm³/mol. The molecule has 88 valence electrons. The maximum atomic E-state index is 4.33. The fraction of sp³-hybridized carbons (Fsp3) is 0.0667. The van der Waals surface area contributed by atoms with E-state index in [0.717, 1.165) is 23.4 Å². The van der Waals surface area contributed by atoms with Crippen molar-refractivity contribution in [1.82, 2.24) is 15.2 Å². The number of H-pyrrole nitrogens is 1. The molecular formula is C15H13N3. The lowest BCUT2D eigenvalue weighted by atomic mass is 10.1. The third-order valence-electron chi connectivity index (χ3n) is 2.84. The number of aromatic amines is 1. The van der Waals surface area contributed by atoms with Gasteiger partial charge in [-0.25, -0.2) is 0 Å². The molecule has 3 nitrogen and oxygen atoms in total. The molecule has 0 saturated carbocycles. The summed E-state index contributed by atoms with van der Waals surface area (Å²) in [6.45, 7) is 0. The number of aromatic nitrogens is 3. The van der Waals surface area contributed by atoms with Gasteiger partial charge in [0.15, 0.2) is 0 Å². The number of rotatable bonds is 3. The van der Waals surface area contributed by atoms with Gasteiger partial charge in [-0.1, -0.05) is 30.3 Å². The van der Waals surface area contributed by atoms with Crippen molar-refractivity contribution in [3.05, 3.63) is 72.2 Å². The molecule has 3 heteroatoms. The van der Waals surface area contributed by atoms with Crippen LogP contribution in [-0.2, 0) is 6.42 Å². The Morgan fingerprint density at radius 2 is 1.72 bits per heavy atom. The monoisotopic (exact) mass is 235 g/mol. The lowest BCUT2D eigenvalue weighted by Crippen LogP contribution is -1.87. The first-order valence-electron chi connectivity index (χ1n) is 5.90. The summed E-state index contributed by atoms with van der Waals surface area (Å²) >= 11 is 0. The molecule has 0 aliphatic rings. The lowest BCUT2D eigenvalue weighted by Gasteiger charge is -1.96. The van der Waals surface area contributed by atoms with Crippen molar-refractivity contribution in [2.75, 3.05) is 0 Å². The van der Waals surface area contributed by atoms with Crippen LogP contribution in [-0.4, -0.2) is 15.2 Å². The zero-order valence-electron chi connectivity index (χ0n) is 9.88. The van der Waals surface area contributed by atoms with Crippen LogP contribution in [0.2, 0.25) is 0 Å². The van der Waals surface area contributed by atoms with E-state index in [-0.39, 0.29) is 0 Å². The Morgan fingerprint density at radius 3 is 2.50 bits per heavy atom. The first-order valence-corrected chi connectivity index (χ1v) is 5.90. The largest absolute Gasteiger partial charge is 0.282 e. The van der Waals surface area contributed by atoms with E-state index < -0.39 is 0 Å². The summed E-state index contributed by atoms with van der Waals surface area (Å²) in [6.07, 6.45) is 4.43. The standard InChI is InChI=1S/C15H13N3/c1-2-4-12(5-3-1)10-14-11-15(18-17-14)13-6-8-16-9-7-13/h1-9,11H,10H2,(H,17,18). The van der Waals surface area contributed by atoms with Gasteiger partial charge in [-0.15, -0.1) is 0 Å². The Morgan fingerprint density at radius 1 is 0.944 bits per heavy atom. The molecule has 0 aliphatic heterocycles. The molecule has 0 spiro atoms. The second kappa shape index (κ2) is 4.84. The molecular weight excluding hydrogens is 222 g/mol. The molecule has 3 rings (SSSR count). The Balaban J connectivity index is 1.82. The van der Waals surface area contributed by atoms with Crippen LogP contribution < -0.4 is 0 Å². The van der Waals surface area contributed by atoms with E-state index in [1.807, 2.05) is 18.2 Å². The van der Waals surface area contributed by atoms with Crippen LogP contribution in [0.25, 0.3) is 11.3 Å². The van der Waals surface area contributed by atoms with Crippen molar-refractivity contribution in [2.24, 2.45) is 0 Å². The fourth-order valence-electron chi connectivity index (χ4n) is 1.94. The van der Waals surface area contributed by atoms with Crippen molar-refractivity contribution in [3.63, 3.8) is 0 Å². The molecule has 2 aromatic heterocycles. The van der Waals surface area contributed by atoms with E-state index in [0.29, 0.717) is 0 Å². The van der Waals surface area contributed by atoms with Gasteiger partial charge in [-0.05, 0) is 23.8 Å². The molecule has 0 unspecified atom stereocenters. The predicted octanol–water partition coefficient (Wildman–Crippen LogP) is 3.06. The normalized spacial score (nSPS) is 10.4. The van der Waals surface area contributed by atoms with Crippen LogP contribution in [0.3, 0.4) is 0 Å². The average Bonchev–Trinajstić information content (AvgIpc) is 2.89. The van der Waals surface area contributed by atoms with Gasteiger partial charge < -0.3 is 0 Å². The molecule has 1 aromatic carbocycles. The lowest BCUT2D eigenvalue weighted by molar-refractivity contribution is 0.998. The first kappa shape index (κ1) is 10.7. The summed E-state index contributed by atoms with van der Waals surface area (Å²) in [6, 6.07) is 16.4. The fourth-order valence-corrected chi connectivity index (χ4v) is 1.94. The third kappa shape index (κ3) is 2.30. The third-order valence-corrected chi connectivity index (χ3v) is 2.84. The molecule has 2 heterocycles. The van der Waals surface area contributed by atoms with Gasteiger partial charge in [0.05, 0.1) is 5.69 Å². The number of benzene rings is 1. The molecule has 0 saturated heterocycles. The zero-order chi connectivity index (χ0) is 12.2. The highest BCUT2D eigenvalue weighted by Crippen LogP contribution is 2.17. The summed E-state index contributed by atoms with van der Waals surface area (Å²) in [5.41, 5.74) is 4.44. The Kier molecular flexibility index (Phi) is 2.88. The van der Waals surface area contributed by atoms with Gasteiger partial charge in [0, 0.05) is 30.1 Å². The van der Waals surface area contributed by atoms with Gasteiger partial charge in [0.2, 0.25) is 0 Å². The van der Waals surface area contributed by atoms with E-state index in [1.165, 1.54) is 5.56 Å². The summed E-state index contributed by atoms with van der Waals surface area (Å²) < 4.78 is 0. The minimum absolute atomic E-state index is 0.874. The molecule has 18 heavy (non-hydrogen) atoms. The summed E-state index contributed by atoms with van der Waals surface area (Å²) in [5.74, 6) is 0. The molecule has 1 N–H and O–H groups in total. The van der Waals surface area contributed by atoms with Crippen LogP contribution in [0, 0.1) is 0 Å². The van der Waals surface area contributed by atoms with Crippen molar-refractivity contribution in [1.29, 1.82) is 0 Å². The summed E-state index contributed by atoms with van der Waals surface area (Å²) in [4.78, 5) is 4.01. The van der Waals surface area contributed by atoms with E-state index >= 15 is 0 Å². The van der Waals surface area contributed by atoms with Crippen LogP contribution >= 0.6 is 0 Å². The highest BCUT2D eigenvalue weighted by molar-refractivity contribution is 5.58. The molecule has 0 aliphatic carbocycles. The minimum atomic E-state index is 0.874. The van der Waals surface area contributed by atoms with Crippen LogP contribution in [0.4, 0.5) is 0 Å². The molecule has 0 bridgehead atoms. The molecule has 0 atom stereocenters. The quantitative estimate of drug-likeness (QED) is 0.758. The summed E-state index contributed by atoms with van der Waals surface area (Å²) in [5, 5.41) is 7.41. The Bertz CT molecular complexity index is 615. The van der Waals surface area contributed by atoms with Crippen LogP contribution in [0.5, 0.6) is 0 Å². The Labute approximate surface area is 106 Å². The van der Waals surface area contributed by atoms with Gasteiger partial charge in [0.25, 0.3) is 0 Å². The smallest absolute Gasteiger partial charge is 0.0924 e. The van der Waals surface area contributed by atoms with Crippen molar-refractivity contribution >= 4 is 0 Å². The first-order chi connectivity index (χ1) is 8.92. The van der Waals surface area contributed by atoms with E-state index in [9.17, 15) is 0 Å². The van der Waals surface area contributed by atoms with Crippen molar-refractivity contribution < 1.29 is 0 Å². The van der Waals surface area contributed by atoms with E-state index in [4.69, 9.17) is 0 Å². The highest BCUT2D eigenvalue weighted by atomic mass is 15.1. The molecule has 0 radical (unpaired) electrons. The van der Waals surface area contributed by atoms with Gasteiger partial charge in [0.1, 0.15) is 0 Å². The summed E-state index contributed by atoms with van der Waals surface area (Å²) in [7, 11) is 0. The number of hydrogen-bond donors (Lipinski definition) is 1. The van der Waals surface area contributed by atoms with Crippen molar-refractivity contribution in [2.45, 2.75) is 6.42 Å². The average molecular weight is 235 g/mol. The van der Waals surface area contributed by atoms with E-state index in [1.54, 1.807) is 12.4 Å². The number of nitrogens with one attached hydrogen (secondary N) is 1. The second-order valence-corrected chi connectivity index (χ2v) is 4.18. The van der Waals surface area contributed by atoms with E-state index in [2.05, 4.69) is 45.5 Å². The molecule has 3 aromatic rings. The van der Waals surface area contributed by atoms with Crippen LogP contribution in [0.1, 0.15) is 11.3 Å². The second-order valence-electron chi connectivity index (χ2n) is 4.18. The topological polar surface area (TPSA) is 41.6 Å². The van der Waals surface area contributed by atoms with Gasteiger partial charge >= 0.3 is 0 Å². The van der Waals surface area contributed by atoms with Crippen LogP contribution in [0.15, 0.2) is 60.9 Å². The number of pyridine rings is 1. The number of hydrogen-bond acceptors (Lipinski definition) is 2. The Hall–Kier alpha value is -2.42. The van der Waals surface area contributed by atoms with Gasteiger partial charge in [-0.3, -0.25) is 10.1 Å². The maximum absolute atomic E-state index is 4.33. The van der Waals surface area contributed by atoms with Gasteiger partial charge in [-0.2, -0.15) is 5.10 Å². The number of nitrogens with zero attached hydrogens (tertiary/aromatic N) is 2. The molecule has 0 fully saturated rings. The maximum Gasteiger partial charge on any atom is 0.0924 e.